The zero-order valence-corrected chi connectivity index (χ0v) is 11.8. The summed E-state index contributed by atoms with van der Waals surface area (Å²) in [6.45, 7) is 3.27. The number of carbonyl (C=O) groups is 4. The predicted molar refractivity (Wildman–Crippen MR) is 65.8 cm³/mol. The lowest BCUT2D eigenvalue weighted by atomic mass is 10.1. The molecule has 7 nitrogen and oxygen atoms in total. The van der Waals surface area contributed by atoms with Gasteiger partial charge in [0, 0.05) is 0 Å². The number of ether oxygens (including phenoxy) is 2. The highest BCUT2D eigenvalue weighted by Crippen LogP contribution is 2.08. The Hall–Kier alpha value is -1.99. The van der Waals surface area contributed by atoms with Gasteiger partial charge >= 0.3 is 12.1 Å². The number of Topliss-reactive ketones (excluding diaryl/α,β-unsaturated/α-hetero) is 2. The summed E-state index contributed by atoms with van der Waals surface area (Å²) in [5.41, 5.74) is -0.826. The predicted octanol–water partition coefficient (Wildman–Crippen LogP) is 0.550. The smallest absolute Gasteiger partial charge is 0.408 e. The van der Waals surface area contributed by atoms with Gasteiger partial charge in [-0.1, -0.05) is 0 Å². The van der Waals surface area contributed by atoms with Gasteiger partial charge in [0.05, 0.1) is 13.5 Å². The van der Waals surface area contributed by atoms with E-state index in [2.05, 4.69) is 10.1 Å². The molecule has 0 heterocycles. The van der Waals surface area contributed by atoms with Crippen LogP contribution in [0, 0.1) is 0 Å². The third-order valence-corrected chi connectivity index (χ3v) is 2.00. The molecule has 8 heteroatoms. The van der Waals surface area contributed by atoms with E-state index in [4.69, 9.17) is 4.74 Å². The summed E-state index contributed by atoms with van der Waals surface area (Å²) in [5.74, 6) is -3.38. The first-order valence-corrected chi connectivity index (χ1v) is 5.80. The van der Waals surface area contributed by atoms with E-state index in [0.29, 0.717) is 0 Å². The van der Waals surface area contributed by atoms with Crippen LogP contribution < -0.4 is 5.32 Å². The number of halogens is 1. The number of carbonyl (C=O) groups excluding carboxylic acids is 4. The molecule has 1 amide bonds. The van der Waals surface area contributed by atoms with Crippen LogP contribution in [0.25, 0.3) is 0 Å². The average Bonchev–Trinajstić information content (AvgIpc) is 2.33. The van der Waals surface area contributed by atoms with Crippen LogP contribution in [0.1, 0.15) is 27.2 Å². The van der Waals surface area contributed by atoms with Crippen molar-refractivity contribution >= 4 is 23.6 Å². The average molecular weight is 291 g/mol. The summed E-state index contributed by atoms with van der Waals surface area (Å²) in [4.78, 5) is 45.2. The number of alkyl halides is 1. The Bertz CT molecular complexity index is 401. The lowest BCUT2D eigenvalue weighted by Crippen LogP contribution is -2.47. The molecule has 0 aromatic rings. The van der Waals surface area contributed by atoms with Crippen LogP contribution in [0.5, 0.6) is 0 Å². The molecule has 114 valence electrons. The molecule has 0 bridgehead atoms. The number of hydrogen-bond acceptors (Lipinski definition) is 6. The van der Waals surface area contributed by atoms with E-state index in [0.717, 1.165) is 7.11 Å². The Morgan fingerprint density at radius 1 is 1.20 bits per heavy atom. The standard InChI is InChI=1S/C12H18FNO6/c1-12(2,3)20-11(18)14-7(5-9(16)19-4)10(17)8(15)6-13/h7H,5-6H2,1-4H3,(H,14,18)/t7-/m0/s1. The van der Waals surface area contributed by atoms with Crippen molar-refractivity contribution in [3.05, 3.63) is 0 Å². The summed E-state index contributed by atoms with van der Waals surface area (Å²) >= 11 is 0. The van der Waals surface area contributed by atoms with Crippen molar-refractivity contribution < 1.29 is 33.0 Å². The van der Waals surface area contributed by atoms with Crippen LogP contribution in [0.3, 0.4) is 0 Å². The zero-order chi connectivity index (χ0) is 15.9. The maximum atomic E-state index is 12.2. The first kappa shape index (κ1) is 18.0. The van der Waals surface area contributed by atoms with Gasteiger partial charge in [-0.2, -0.15) is 0 Å². The number of rotatable bonds is 6. The minimum absolute atomic E-state index is 0.583. The van der Waals surface area contributed by atoms with Crippen LogP contribution in [-0.2, 0) is 23.9 Å². The molecule has 0 aromatic heterocycles. The quantitative estimate of drug-likeness (QED) is 0.567. The molecule has 1 N–H and O–H groups in total. The van der Waals surface area contributed by atoms with Gasteiger partial charge in [-0.3, -0.25) is 14.4 Å². The van der Waals surface area contributed by atoms with E-state index in [1.807, 2.05) is 0 Å². The zero-order valence-electron chi connectivity index (χ0n) is 11.8. The van der Waals surface area contributed by atoms with Crippen LogP contribution in [0.2, 0.25) is 0 Å². The van der Waals surface area contributed by atoms with Crippen LogP contribution >= 0.6 is 0 Å². The van der Waals surface area contributed by atoms with Gasteiger partial charge in [0.25, 0.3) is 0 Å². The molecule has 0 aliphatic rings. The fourth-order valence-corrected chi connectivity index (χ4v) is 1.17. The second-order valence-electron chi connectivity index (χ2n) is 4.90. The summed E-state index contributed by atoms with van der Waals surface area (Å²) in [6.07, 6.45) is -1.58. The fourth-order valence-electron chi connectivity index (χ4n) is 1.17. The van der Waals surface area contributed by atoms with Gasteiger partial charge in [-0.15, -0.1) is 0 Å². The minimum atomic E-state index is -1.51. The molecular weight excluding hydrogens is 273 g/mol. The Labute approximate surface area is 115 Å². The van der Waals surface area contributed by atoms with Crippen molar-refractivity contribution in [1.82, 2.24) is 5.32 Å². The summed E-state index contributed by atoms with van der Waals surface area (Å²) in [5, 5.41) is 2.05. The molecule has 0 saturated carbocycles. The molecule has 0 radical (unpaired) electrons. The highest BCUT2D eigenvalue weighted by Gasteiger charge is 2.30. The van der Waals surface area contributed by atoms with E-state index in [1.165, 1.54) is 0 Å². The van der Waals surface area contributed by atoms with Crippen LogP contribution in [-0.4, -0.2) is 49.1 Å². The van der Waals surface area contributed by atoms with Crippen molar-refractivity contribution in [3.63, 3.8) is 0 Å². The Kier molecular flexibility index (Phi) is 6.81. The maximum absolute atomic E-state index is 12.2. The normalized spacial score (nSPS) is 12.2. The number of esters is 1. The number of hydrogen-bond donors (Lipinski definition) is 1. The van der Waals surface area contributed by atoms with Gasteiger partial charge in [0.1, 0.15) is 11.6 Å². The van der Waals surface area contributed by atoms with E-state index in [1.54, 1.807) is 20.8 Å². The van der Waals surface area contributed by atoms with E-state index in [-0.39, 0.29) is 0 Å². The highest BCUT2D eigenvalue weighted by atomic mass is 19.1. The SMILES string of the molecule is COC(=O)C[C@H](NC(=O)OC(C)(C)C)C(=O)C(=O)CF. The summed E-state index contributed by atoms with van der Waals surface area (Å²) in [6, 6.07) is -1.51. The first-order chi connectivity index (χ1) is 9.10. The van der Waals surface area contributed by atoms with Gasteiger partial charge < -0.3 is 14.8 Å². The lowest BCUT2D eigenvalue weighted by Gasteiger charge is -2.22. The molecule has 1 atom stereocenters. The molecule has 0 aromatic carbocycles. The third-order valence-electron chi connectivity index (χ3n) is 2.00. The fraction of sp³-hybridized carbons (Fsp3) is 0.667. The maximum Gasteiger partial charge on any atom is 0.408 e. The molecule has 0 saturated heterocycles. The molecular formula is C12H18FNO6. The summed E-state index contributed by atoms with van der Waals surface area (Å²) in [7, 11) is 1.08. The molecule has 0 aliphatic heterocycles. The van der Waals surface area contributed by atoms with Crippen LogP contribution in [0.4, 0.5) is 9.18 Å². The van der Waals surface area contributed by atoms with Crippen molar-refractivity contribution in [3.8, 4) is 0 Å². The first-order valence-electron chi connectivity index (χ1n) is 5.80. The molecule has 0 spiro atoms. The topological polar surface area (TPSA) is 98.8 Å². The molecule has 0 fully saturated rings. The van der Waals surface area contributed by atoms with Crippen molar-refractivity contribution in [2.75, 3.05) is 13.8 Å². The van der Waals surface area contributed by atoms with Gasteiger partial charge in [-0.25, -0.2) is 9.18 Å². The Balaban J connectivity index is 4.86. The summed E-state index contributed by atoms with van der Waals surface area (Å²) < 4.78 is 21.4. The molecule has 20 heavy (non-hydrogen) atoms. The van der Waals surface area contributed by atoms with Crippen molar-refractivity contribution in [1.29, 1.82) is 0 Å². The molecule has 0 aliphatic carbocycles. The van der Waals surface area contributed by atoms with Gasteiger partial charge in [-0.05, 0) is 20.8 Å². The third kappa shape index (κ3) is 6.81. The van der Waals surface area contributed by atoms with Gasteiger partial charge in [0.15, 0.2) is 6.67 Å². The number of nitrogens with one attached hydrogen (secondary N) is 1. The number of methoxy groups -OCH3 is 1. The second kappa shape index (κ2) is 7.56. The monoisotopic (exact) mass is 291 g/mol. The highest BCUT2D eigenvalue weighted by molar-refractivity contribution is 6.40. The number of ketones is 2. The largest absolute Gasteiger partial charge is 0.469 e. The van der Waals surface area contributed by atoms with E-state index in [9.17, 15) is 23.6 Å². The number of alkyl carbamates (subject to hydrolysis) is 1. The molecule has 0 unspecified atom stereocenters. The Morgan fingerprint density at radius 2 is 1.75 bits per heavy atom. The van der Waals surface area contributed by atoms with Crippen LogP contribution in [0.15, 0.2) is 0 Å². The lowest BCUT2D eigenvalue weighted by molar-refractivity contribution is -0.144. The second-order valence-corrected chi connectivity index (χ2v) is 4.90. The Morgan fingerprint density at radius 3 is 2.15 bits per heavy atom. The molecule has 0 rings (SSSR count). The van der Waals surface area contributed by atoms with E-state index < -0.39 is 48.4 Å². The van der Waals surface area contributed by atoms with E-state index >= 15 is 0 Å². The van der Waals surface area contributed by atoms with Gasteiger partial charge in [0.2, 0.25) is 11.6 Å². The minimum Gasteiger partial charge on any atom is -0.469 e. The number of amides is 1. The van der Waals surface area contributed by atoms with Crippen molar-refractivity contribution in [2.45, 2.75) is 38.8 Å². The van der Waals surface area contributed by atoms with Crippen molar-refractivity contribution in [2.24, 2.45) is 0 Å².